The summed E-state index contributed by atoms with van der Waals surface area (Å²) in [7, 11) is 0. The van der Waals surface area contributed by atoms with Crippen molar-refractivity contribution in [2.45, 2.75) is 6.92 Å². The molecule has 2 heterocycles. The fraction of sp³-hybridized carbons (Fsp3) is 0.130. The fourth-order valence-electron chi connectivity index (χ4n) is 3.37. The van der Waals surface area contributed by atoms with E-state index in [1.54, 1.807) is 29.5 Å². The molecule has 1 aliphatic rings. The van der Waals surface area contributed by atoms with E-state index in [-0.39, 0.29) is 5.91 Å². The zero-order valence-corrected chi connectivity index (χ0v) is 16.6. The van der Waals surface area contributed by atoms with Crippen LogP contribution < -0.4 is 14.8 Å². The number of hydrogen-bond donors (Lipinski definition) is 1. The van der Waals surface area contributed by atoms with Gasteiger partial charge in [0, 0.05) is 16.8 Å². The fourth-order valence-corrected chi connectivity index (χ4v) is 4.42. The van der Waals surface area contributed by atoms with Gasteiger partial charge < -0.3 is 14.8 Å². The molecule has 1 aromatic heterocycles. The van der Waals surface area contributed by atoms with E-state index in [9.17, 15) is 4.79 Å². The molecule has 0 bridgehead atoms. The first kappa shape index (κ1) is 17.7. The number of benzene rings is 3. The van der Waals surface area contributed by atoms with Gasteiger partial charge in [0.2, 0.25) is 0 Å². The largest absolute Gasteiger partial charge is 0.486 e. The van der Waals surface area contributed by atoms with Gasteiger partial charge in [0.25, 0.3) is 5.91 Å². The number of rotatable bonds is 3. The molecule has 1 aliphatic heterocycles. The Morgan fingerprint density at radius 3 is 2.69 bits per heavy atom. The zero-order chi connectivity index (χ0) is 19.8. The molecule has 0 spiro atoms. The molecule has 0 unspecified atom stereocenters. The number of nitrogens with zero attached hydrogens (tertiary/aromatic N) is 1. The third-order valence-corrected chi connectivity index (χ3v) is 5.98. The summed E-state index contributed by atoms with van der Waals surface area (Å²) in [5, 5.41) is 3.96. The Morgan fingerprint density at radius 2 is 1.83 bits per heavy atom. The first-order valence-electron chi connectivity index (χ1n) is 9.35. The topological polar surface area (TPSA) is 60.5 Å². The summed E-state index contributed by atoms with van der Waals surface area (Å²) in [6, 6.07) is 19.2. The van der Waals surface area contributed by atoms with Crippen LogP contribution in [0.4, 0.5) is 5.69 Å². The number of thiazole rings is 1. The van der Waals surface area contributed by atoms with Gasteiger partial charge in [0.1, 0.15) is 18.2 Å². The van der Waals surface area contributed by atoms with Crippen molar-refractivity contribution in [3.63, 3.8) is 0 Å². The lowest BCUT2D eigenvalue weighted by molar-refractivity contribution is 0.102. The van der Waals surface area contributed by atoms with Crippen molar-refractivity contribution in [1.29, 1.82) is 0 Å². The molecule has 0 aliphatic carbocycles. The van der Waals surface area contributed by atoms with E-state index < -0.39 is 0 Å². The lowest BCUT2D eigenvalue weighted by atomic mass is 10.1. The van der Waals surface area contributed by atoms with Crippen LogP contribution in [0, 0.1) is 6.92 Å². The van der Waals surface area contributed by atoms with Crippen molar-refractivity contribution in [1.82, 2.24) is 4.98 Å². The third-order valence-electron chi connectivity index (χ3n) is 4.91. The maximum absolute atomic E-state index is 12.8. The summed E-state index contributed by atoms with van der Waals surface area (Å²) >= 11 is 1.65. The van der Waals surface area contributed by atoms with Crippen LogP contribution in [0.15, 0.2) is 60.7 Å². The molecule has 0 atom stereocenters. The maximum Gasteiger partial charge on any atom is 0.255 e. The molecular formula is C23H18N2O3S. The van der Waals surface area contributed by atoms with Crippen molar-refractivity contribution < 1.29 is 14.3 Å². The minimum absolute atomic E-state index is 0.188. The Morgan fingerprint density at radius 1 is 1.00 bits per heavy atom. The molecule has 6 heteroatoms. The second-order valence-corrected chi connectivity index (χ2v) is 7.81. The van der Waals surface area contributed by atoms with Gasteiger partial charge in [0.05, 0.1) is 10.2 Å². The zero-order valence-electron chi connectivity index (χ0n) is 15.8. The van der Waals surface area contributed by atoms with Crippen molar-refractivity contribution >= 4 is 33.1 Å². The number of ether oxygens (including phenoxy) is 2. The minimum Gasteiger partial charge on any atom is -0.486 e. The Bertz CT molecular complexity index is 1200. The molecule has 0 saturated heterocycles. The Kier molecular flexibility index (Phi) is 4.41. The van der Waals surface area contributed by atoms with Crippen LogP contribution in [0.5, 0.6) is 11.5 Å². The summed E-state index contributed by atoms with van der Waals surface area (Å²) < 4.78 is 12.3. The molecule has 144 valence electrons. The number of aromatic nitrogens is 1. The van der Waals surface area contributed by atoms with Crippen LogP contribution in [0.25, 0.3) is 20.8 Å². The van der Waals surface area contributed by atoms with Crippen LogP contribution in [0.2, 0.25) is 0 Å². The average molecular weight is 402 g/mol. The number of carbonyl (C=O) groups excluding carboxylic acids is 1. The maximum atomic E-state index is 12.8. The lowest BCUT2D eigenvalue weighted by Crippen LogP contribution is -2.17. The van der Waals surface area contributed by atoms with Gasteiger partial charge in [-0.3, -0.25) is 4.79 Å². The quantitative estimate of drug-likeness (QED) is 0.505. The predicted octanol–water partition coefficient (Wildman–Crippen LogP) is 5.30. The van der Waals surface area contributed by atoms with Crippen LogP contribution >= 0.6 is 11.3 Å². The van der Waals surface area contributed by atoms with Crippen LogP contribution in [0.3, 0.4) is 0 Å². The van der Waals surface area contributed by atoms with E-state index >= 15 is 0 Å². The van der Waals surface area contributed by atoms with E-state index in [0.717, 1.165) is 32.0 Å². The van der Waals surface area contributed by atoms with E-state index in [2.05, 4.69) is 11.4 Å². The molecule has 0 radical (unpaired) electrons. The Labute approximate surface area is 171 Å². The summed E-state index contributed by atoms with van der Waals surface area (Å²) in [6.07, 6.45) is 0. The highest BCUT2D eigenvalue weighted by molar-refractivity contribution is 7.21. The van der Waals surface area contributed by atoms with Gasteiger partial charge in [-0.2, -0.15) is 0 Å². The van der Waals surface area contributed by atoms with Gasteiger partial charge >= 0.3 is 0 Å². The van der Waals surface area contributed by atoms with Crippen LogP contribution in [0.1, 0.15) is 15.9 Å². The molecule has 5 nitrogen and oxygen atoms in total. The van der Waals surface area contributed by atoms with Gasteiger partial charge in [0.15, 0.2) is 11.5 Å². The molecule has 5 rings (SSSR count). The summed E-state index contributed by atoms with van der Waals surface area (Å²) in [6.45, 7) is 3.01. The van der Waals surface area contributed by atoms with Crippen LogP contribution in [-0.2, 0) is 0 Å². The monoisotopic (exact) mass is 402 g/mol. The molecule has 4 aromatic rings. The molecule has 1 amide bonds. The van der Waals surface area contributed by atoms with Crippen molar-refractivity contribution in [3.05, 3.63) is 71.8 Å². The van der Waals surface area contributed by atoms with Crippen molar-refractivity contribution in [2.24, 2.45) is 0 Å². The number of hydrogen-bond acceptors (Lipinski definition) is 5. The summed E-state index contributed by atoms with van der Waals surface area (Å²) in [5.41, 5.74) is 4.28. The minimum atomic E-state index is -0.188. The molecule has 3 aromatic carbocycles. The summed E-state index contributed by atoms with van der Waals surface area (Å²) in [4.78, 5) is 17.6. The van der Waals surface area contributed by atoms with Crippen molar-refractivity contribution in [3.8, 4) is 22.1 Å². The second-order valence-electron chi connectivity index (χ2n) is 6.78. The molecule has 29 heavy (non-hydrogen) atoms. The van der Waals surface area contributed by atoms with E-state index in [1.807, 2.05) is 43.3 Å². The number of anilines is 1. The first-order valence-corrected chi connectivity index (χ1v) is 10.2. The molecule has 1 N–H and O–H groups in total. The van der Waals surface area contributed by atoms with Crippen molar-refractivity contribution in [2.75, 3.05) is 18.5 Å². The average Bonchev–Trinajstić information content (AvgIpc) is 3.19. The Hall–Kier alpha value is -3.38. The smallest absolute Gasteiger partial charge is 0.255 e. The third kappa shape index (κ3) is 3.32. The first-order chi connectivity index (χ1) is 14.2. The number of para-hydroxylation sites is 1. The highest BCUT2D eigenvalue weighted by atomic mass is 32.1. The highest BCUT2D eigenvalue weighted by Gasteiger charge is 2.17. The van der Waals surface area contributed by atoms with Gasteiger partial charge in [-0.05, 0) is 48.9 Å². The van der Waals surface area contributed by atoms with E-state index in [4.69, 9.17) is 14.5 Å². The number of fused-ring (bicyclic) bond motifs is 2. The second kappa shape index (κ2) is 7.22. The number of amides is 1. The van der Waals surface area contributed by atoms with Gasteiger partial charge in [-0.25, -0.2) is 4.98 Å². The van der Waals surface area contributed by atoms with Crippen LogP contribution in [-0.4, -0.2) is 24.1 Å². The van der Waals surface area contributed by atoms with Gasteiger partial charge in [-0.15, -0.1) is 11.3 Å². The summed E-state index contributed by atoms with van der Waals surface area (Å²) in [5.74, 6) is 1.08. The molecular weight excluding hydrogens is 384 g/mol. The highest BCUT2D eigenvalue weighted by Crippen LogP contribution is 2.35. The number of carbonyl (C=O) groups is 1. The SMILES string of the molecule is Cc1c(NC(=O)c2ccc3c(c2)OCCO3)cccc1-c1nc2ccccc2s1. The Balaban J connectivity index is 1.44. The van der Waals surface area contributed by atoms with E-state index in [0.29, 0.717) is 30.3 Å². The molecule has 0 saturated carbocycles. The number of nitrogens with one attached hydrogen (secondary N) is 1. The normalized spacial score (nSPS) is 12.7. The van der Waals surface area contributed by atoms with Gasteiger partial charge in [-0.1, -0.05) is 24.3 Å². The predicted molar refractivity (Wildman–Crippen MR) is 115 cm³/mol. The lowest BCUT2D eigenvalue weighted by Gasteiger charge is -2.19. The molecule has 0 fully saturated rings. The van der Waals surface area contributed by atoms with E-state index in [1.165, 1.54) is 0 Å². The standard InChI is InChI=1S/C23H18N2O3S/c1-14-16(23-25-18-6-2-3-8-21(18)29-23)5-4-7-17(14)24-22(26)15-9-10-19-20(13-15)28-12-11-27-19/h2-10,13H,11-12H2,1H3,(H,24,26).